The molecule has 0 aliphatic heterocycles. The lowest BCUT2D eigenvalue weighted by Crippen LogP contribution is -2.16. The highest BCUT2D eigenvalue weighted by Crippen LogP contribution is 2.44. The quantitative estimate of drug-likeness (QED) is 0.0674. The minimum Gasteiger partial charge on any atom is -0.489 e. The molecule has 12 nitrogen and oxygen atoms in total. The van der Waals surface area contributed by atoms with Crippen molar-refractivity contribution in [3.8, 4) is 35.1 Å². The highest BCUT2D eigenvalue weighted by molar-refractivity contribution is 5.61. The van der Waals surface area contributed by atoms with Gasteiger partial charge in [-0.25, -0.2) is 0 Å². The standard InChI is InChI=1S/C46H48N4O8/c1-9-13-55-43-33-17-29-21-37(45(3,4)5)23-31(41(29)57-15-11-47)19-35-27-40(50(53)54)28-36(44(35)56-14-10-2)20-32-24-38(46(6,7)8)22-30(42(32)58-16-12-48)18-34(43)26-39(25-33)49(51)52/h9-10,21-28H,1-2,13-20H2,3-8H3. The number of nitro groups is 2. The second kappa shape index (κ2) is 17.6. The molecule has 0 unspecified atom stereocenters. The van der Waals surface area contributed by atoms with Crippen LogP contribution in [0, 0.1) is 42.9 Å². The van der Waals surface area contributed by atoms with Gasteiger partial charge in [-0.15, -0.1) is 0 Å². The second-order valence-electron chi connectivity index (χ2n) is 16.2. The van der Waals surface area contributed by atoms with Gasteiger partial charge in [0.15, 0.2) is 13.2 Å². The summed E-state index contributed by atoms with van der Waals surface area (Å²) in [5, 5.41) is 44.6. The van der Waals surface area contributed by atoms with E-state index >= 15 is 0 Å². The van der Waals surface area contributed by atoms with Crippen molar-refractivity contribution in [1.29, 1.82) is 10.5 Å². The Bertz CT molecular complexity index is 2090. The van der Waals surface area contributed by atoms with Crippen LogP contribution in [0.15, 0.2) is 73.8 Å². The van der Waals surface area contributed by atoms with E-state index in [2.05, 4.69) is 66.8 Å². The molecule has 300 valence electrons. The number of fused-ring (bicyclic) bond motifs is 8. The molecule has 58 heavy (non-hydrogen) atoms. The van der Waals surface area contributed by atoms with E-state index in [1.165, 1.54) is 24.3 Å². The zero-order valence-corrected chi connectivity index (χ0v) is 33.9. The molecule has 1 aliphatic carbocycles. The van der Waals surface area contributed by atoms with Crippen LogP contribution in [0.25, 0.3) is 0 Å². The average molecular weight is 785 g/mol. The van der Waals surface area contributed by atoms with Crippen LogP contribution in [-0.4, -0.2) is 36.3 Å². The molecule has 0 amide bonds. The van der Waals surface area contributed by atoms with Crippen LogP contribution in [0.4, 0.5) is 11.4 Å². The molecule has 8 bridgehead atoms. The fourth-order valence-corrected chi connectivity index (χ4v) is 7.16. The van der Waals surface area contributed by atoms with Crippen molar-refractivity contribution < 1.29 is 28.8 Å². The van der Waals surface area contributed by atoms with Crippen LogP contribution >= 0.6 is 0 Å². The van der Waals surface area contributed by atoms with Crippen LogP contribution < -0.4 is 18.9 Å². The molecular formula is C46H48N4O8. The predicted molar refractivity (Wildman–Crippen MR) is 221 cm³/mol. The maximum Gasteiger partial charge on any atom is 0.270 e. The van der Waals surface area contributed by atoms with Gasteiger partial charge in [0.2, 0.25) is 0 Å². The maximum absolute atomic E-state index is 12.6. The van der Waals surface area contributed by atoms with E-state index in [0.29, 0.717) is 67.5 Å². The molecule has 0 aromatic heterocycles. The Labute approximate surface area is 339 Å². The zero-order valence-electron chi connectivity index (χ0n) is 33.9. The van der Waals surface area contributed by atoms with Gasteiger partial charge in [-0.2, -0.15) is 10.5 Å². The Balaban J connectivity index is 2.01. The molecule has 12 heteroatoms. The van der Waals surface area contributed by atoms with Crippen molar-refractivity contribution in [2.45, 2.75) is 78.1 Å². The number of nitro benzene ring substituents is 2. The maximum atomic E-state index is 12.6. The van der Waals surface area contributed by atoms with Gasteiger partial charge in [-0.05, 0) is 44.2 Å². The third-order valence-corrected chi connectivity index (χ3v) is 9.87. The largest absolute Gasteiger partial charge is 0.489 e. The third-order valence-electron chi connectivity index (χ3n) is 9.87. The SMILES string of the molecule is C=CCOc1c2cc([N+](=O)[O-])cc1Cc1cc(C(C)(C)C)cc(c1OCC#N)Cc1cc([N+](=O)[O-])cc(c1OCC=C)Cc1cc(C(C)(C)C)cc(c1OCC#N)C2. The number of nitrogens with zero attached hydrogens (tertiary/aromatic N) is 4. The van der Waals surface area contributed by atoms with E-state index in [4.69, 9.17) is 18.9 Å². The van der Waals surface area contributed by atoms with E-state index in [9.17, 15) is 30.8 Å². The normalized spacial score (nSPS) is 12.3. The Morgan fingerprint density at radius 1 is 0.552 bits per heavy atom. The van der Waals surface area contributed by atoms with Crippen molar-refractivity contribution in [2.24, 2.45) is 0 Å². The molecule has 0 spiro atoms. The van der Waals surface area contributed by atoms with Gasteiger partial charge >= 0.3 is 0 Å². The van der Waals surface area contributed by atoms with Crippen molar-refractivity contribution in [3.05, 3.63) is 150 Å². The van der Waals surface area contributed by atoms with Crippen molar-refractivity contribution in [2.75, 3.05) is 26.4 Å². The van der Waals surface area contributed by atoms with Crippen LogP contribution in [0.1, 0.15) is 97.2 Å². The lowest BCUT2D eigenvalue weighted by atomic mass is 9.81. The summed E-state index contributed by atoms with van der Waals surface area (Å²) in [4.78, 5) is 24.3. The smallest absolute Gasteiger partial charge is 0.270 e. The van der Waals surface area contributed by atoms with Gasteiger partial charge in [0.05, 0.1) is 9.85 Å². The predicted octanol–water partition coefficient (Wildman–Crippen LogP) is 9.71. The van der Waals surface area contributed by atoms with E-state index in [1.54, 1.807) is 12.2 Å². The van der Waals surface area contributed by atoms with Crippen molar-refractivity contribution >= 4 is 11.4 Å². The Hall–Kier alpha value is -6.66. The first-order valence-electron chi connectivity index (χ1n) is 18.9. The topological polar surface area (TPSA) is 171 Å². The number of hydrogen-bond acceptors (Lipinski definition) is 10. The minimum absolute atomic E-state index is 0.101. The molecular weight excluding hydrogens is 737 g/mol. The van der Waals surface area contributed by atoms with E-state index in [-0.39, 0.29) is 63.5 Å². The molecule has 4 aromatic rings. The van der Waals surface area contributed by atoms with Gasteiger partial charge in [0.1, 0.15) is 48.4 Å². The van der Waals surface area contributed by atoms with Crippen LogP contribution in [0.3, 0.4) is 0 Å². The lowest BCUT2D eigenvalue weighted by molar-refractivity contribution is -0.385. The highest BCUT2D eigenvalue weighted by atomic mass is 16.6. The average Bonchev–Trinajstić information content (AvgIpc) is 3.15. The molecule has 0 atom stereocenters. The summed E-state index contributed by atoms with van der Waals surface area (Å²) in [6, 6.07) is 17.9. The van der Waals surface area contributed by atoms with E-state index in [0.717, 1.165) is 11.1 Å². The summed E-state index contributed by atoms with van der Waals surface area (Å²) in [5.41, 5.74) is 5.25. The minimum atomic E-state index is -0.443. The summed E-state index contributed by atoms with van der Waals surface area (Å²) in [6.07, 6.45) is 3.60. The van der Waals surface area contributed by atoms with Gasteiger partial charge < -0.3 is 18.9 Å². The summed E-state index contributed by atoms with van der Waals surface area (Å²) < 4.78 is 25.2. The molecule has 4 aromatic carbocycles. The molecule has 0 N–H and O–H groups in total. The Morgan fingerprint density at radius 3 is 1.03 bits per heavy atom. The first-order chi connectivity index (χ1) is 27.5. The summed E-state index contributed by atoms with van der Waals surface area (Å²) in [5.74, 6) is 1.58. The van der Waals surface area contributed by atoms with Crippen LogP contribution in [-0.2, 0) is 36.5 Å². The lowest BCUT2D eigenvalue weighted by Gasteiger charge is -2.26. The zero-order chi connectivity index (χ0) is 42.4. The summed E-state index contributed by atoms with van der Waals surface area (Å²) in [7, 11) is 0. The highest BCUT2D eigenvalue weighted by Gasteiger charge is 2.29. The number of nitriles is 2. The first kappa shape index (κ1) is 42.5. The molecule has 5 rings (SSSR count). The van der Waals surface area contributed by atoms with Gasteiger partial charge in [-0.1, -0.05) is 91.1 Å². The Kier molecular flexibility index (Phi) is 12.9. The first-order valence-corrected chi connectivity index (χ1v) is 18.9. The molecule has 0 saturated carbocycles. The fraction of sp³-hybridized carbons (Fsp3) is 0.348. The molecule has 1 aliphatic rings. The number of ether oxygens (including phenoxy) is 4. The molecule has 0 fully saturated rings. The third kappa shape index (κ3) is 9.64. The summed E-state index contributed by atoms with van der Waals surface area (Å²) >= 11 is 0. The van der Waals surface area contributed by atoms with Gasteiger partial charge in [0, 0.05) is 72.2 Å². The number of rotatable bonds is 12. The fourth-order valence-electron chi connectivity index (χ4n) is 7.16. The molecule has 0 heterocycles. The van der Waals surface area contributed by atoms with Crippen LogP contribution in [0.5, 0.6) is 23.0 Å². The monoisotopic (exact) mass is 784 g/mol. The Morgan fingerprint density at radius 2 is 0.810 bits per heavy atom. The van der Waals surface area contributed by atoms with Gasteiger partial charge in [0.25, 0.3) is 11.4 Å². The van der Waals surface area contributed by atoms with Crippen molar-refractivity contribution in [1.82, 2.24) is 0 Å². The molecule has 0 saturated heterocycles. The van der Waals surface area contributed by atoms with E-state index < -0.39 is 20.7 Å². The number of non-ortho nitro benzene ring substituents is 2. The van der Waals surface area contributed by atoms with E-state index in [1.807, 2.05) is 24.3 Å². The second-order valence-corrected chi connectivity index (χ2v) is 16.2. The number of benzene rings is 4. The van der Waals surface area contributed by atoms with Gasteiger partial charge in [-0.3, -0.25) is 20.2 Å². The van der Waals surface area contributed by atoms with Crippen LogP contribution in [0.2, 0.25) is 0 Å². The number of hydrogen-bond donors (Lipinski definition) is 0. The summed E-state index contributed by atoms with van der Waals surface area (Å²) in [6.45, 7) is 19.6. The molecule has 0 radical (unpaired) electrons. The van der Waals surface area contributed by atoms with Crippen molar-refractivity contribution in [3.63, 3.8) is 0 Å².